The van der Waals surface area contributed by atoms with Gasteiger partial charge in [0.1, 0.15) is 6.20 Å². The van der Waals surface area contributed by atoms with Gasteiger partial charge in [-0.15, -0.1) is 0 Å². The Kier molecular flexibility index (Phi) is 16.7. The summed E-state index contributed by atoms with van der Waals surface area (Å²) in [6.45, 7) is 7.39. The van der Waals surface area contributed by atoms with Crippen molar-refractivity contribution >= 4 is 65.1 Å². The van der Waals surface area contributed by atoms with Crippen LogP contribution in [0.4, 0.5) is 11.5 Å². The molecule has 3 heterocycles. The Hall–Kier alpha value is -4.14. The fourth-order valence-corrected chi connectivity index (χ4v) is 9.27. The number of carbonyl (C=O) groups excluding carboxylic acids is 1. The van der Waals surface area contributed by atoms with Crippen LogP contribution in [0.2, 0.25) is 5.02 Å². The van der Waals surface area contributed by atoms with E-state index in [-0.39, 0.29) is 30.2 Å². The second-order valence-electron chi connectivity index (χ2n) is 15.5. The van der Waals surface area contributed by atoms with Crippen LogP contribution in [-0.2, 0) is 52.5 Å². The Labute approximate surface area is 357 Å². The molecule has 0 bridgehead atoms. The Morgan fingerprint density at radius 1 is 0.933 bits per heavy atom. The summed E-state index contributed by atoms with van der Waals surface area (Å²) >= 11 is 6.44. The summed E-state index contributed by atoms with van der Waals surface area (Å²) in [4.78, 5) is 21.7. The van der Waals surface area contributed by atoms with Crippen LogP contribution >= 0.6 is 11.6 Å². The molecule has 21 heteroatoms. The predicted octanol–water partition coefficient (Wildman–Crippen LogP) is 6.73. The number of benzene rings is 1. The van der Waals surface area contributed by atoms with Crippen molar-refractivity contribution in [2.45, 2.75) is 101 Å². The molecule has 0 aliphatic carbocycles. The highest BCUT2D eigenvalue weighted by Gasteiger charge is 2.44. The minimum absolute atomic E-state index is 0.106. The third kappa shape index (κ3) is 13.4. The first-order chi connectivity index (χ1) is 28.1. The predicted molar refractivity (Wildman–Crippen MR) is 230 cm³/mol. The van der Waals surface area contributed by atoms with Crippen molar-refractivity contribution in [2.75, 3.05) is 36.0 Å². The average Bonchev–Trinajstić information content (AvgIpc) is 3.53. The molecule has 0 fully saturated rings. The highest BCUT2D eigenvalue weighted by molar-refractivity contribution is 7.86. The molecule has 60 heavy (non-hydrogen) atoms. The molecule has 4 N–H and O–H groups in total. The molecule has 0 saturated heterocycles. The number of allylic oxidation sites excluding steroid dienone is 6. The Bertz CT molecular complexity index is 2430. The van der Waals surface area contributed by atoms with Crippen molar-refractivity contribution in [3.8, 4) is 0 Å². The van der Waals surface area contributed by atoms with Gasteiger partial charge in [0.05, 0.1) is 38.9 Å². The lowest BCUT2D eigenvalue weighted by atomic mass is 9.77. The van der Waals surface area contributed by atoms with Gasteiger partial charge in [-0.2, -0.15) is 25.3 Å². The van der Waals surface area contributed by atoms with Crippen molar-refractivity contribution in [1.29, 1.82) is 0 Å². The minimum atomic E-state index is -4.56. The number of halogens is 1. The summed E-state index contributed by atoms with van der Waals surface area (Å²) in [5.41, 5.74) is 10.7. The molecule has 2 aliphatic heterocycles. The van der Waals surface area contributed by atoms with E-state index in [1.54, 1.807) is 16.8 Å². The second-order valence-corrected chi connectivity index (χ2v) is 20.5. The van der Waals surface area contributed by atoms with Gasteiger partial charge in [0.15, 0.2) is 5.71 Å². The van der Waals surface area contributed by atoms with Gasteiger partial charge in [-0.3, -0.25) is 18.5 Å². The second kappa shape index (κ2) is 20.6. The van der Waals surface area contributed by atoms with Gasteiger partial charge in [-0.1, -0.05) is 47.8 Å². The quantitative estimate of drug-likeness (QED) is 0.0173. The number of fused-ring (bicyclic) bond motifs is 2. The zero-order valence-corrected chi connectivity index (χ0v) is 37.1. The van der Waals surface area contributed by atoms with E-state index < -0.39 is 52.7 Å². The molecule has 1 aromatic carbocycles. The number of pyridine rings is 1. The van der Waals surface area contributed by atoms with E-state index >= 15 is 0 Å². The number of hydrogen-bond donors (Lipinski definition) is 4. The fraction of sp³-hybridized carbons (Fsp3) is 0.513. The smallest absolute Gasteiger partial charge is 0.327 e. The van der Waals surface area contributed by atoms with Crippen LogP contribution in [0.3, 0.4) is 0 Å². The molecule has 1 atom stereocenters. The number of aliphatic imine (C=N–C) groups is 1. The first-order valence-electron chi connectivity index (χ1n) is 19.5. The summed E-state index contributed by atoms with van der Waals surface area (Å²) in [6, 6.07) is 6.24. The summed E-state index contributed by atoms with van der Waals surface area (Å²) < 4.78 is 101. The third-order valence-electron chi connectivity index (χ3n) is 10.6. The van der Waals surface area contributed by atoms with Crippen LogP contribution < -0.4 is 14.8 Å². The van der Waals surface area contributed by atoms with E-state index in [1.807, 2.05) is 57.2 Å². The first kappa shape index (κ1) is 48.5. The number of azide groups is 1. The maximum absolute atomic E-state index is 12.3. The van der Waals surface area contributed by atoms with Crippen LogP contribution in [0.15, 0.2) is 81.5 Å². The molecule has 328 valence electrons. The maximum atomic E-state index is 12.3. The van der Waals surface area contributed by atoms with Gasteiger partial charge >= 0.3 is 5.82 Å². The molecule has 2 aliphatic rings. The number of nitrogens with one attached hydrogen (secondary N) is 1. The van der Waals surface area contributed by atoms with Crippen molar-refractivity contribution in [3.63, 3.8) is 0 Å². The maximum Gasteiger partial charge on any atom is 0.327 e. The Morgan fingerprint density at radius 3 is 2.33 bits per heavy atom. The minimum Gasteiger partial charge on any atom is -0.356 e. The van der Waals surface area contributed by atoms with Crippen LogP contribution in [0, 0.1) is 0 Å². The number of aryl methyl sites for hydroxylation is 1. The number of unbranched alkanes of at least 4 members (excludes halogenated alkanes) is 3. The molecular formula is C39H53ClN7O10S3+. The van der Waals surface area contributed by atoms with E-state index in [2.05, 4.69) is 20.2 Å². The SMILES string of the molecule is CC1(C)C(/C=C/C=C/C=C2/N(CCCCCC(=O)NCCCN=[N+]=[N-])c3ccc(S(=O)(=O)O)cc3C2(C)CCCCS(=O)(=O)O)=Nc2c1cc(Cl)c[n+]2CCCS(=O)(=O)O. The molecule has 1 amide bonds. The molecule has 0 radical (unpaired) electrons. The average molecular weight is 912 g/mol. The molecule has 0 saturated carbocycles. The summed E-state index contributed by atoms with van der Waals surface area (Å²) in [7, 11) is -12.9. The summed E-state index contributed by atoms with van der Waals surface area (Å²) in [6.07, 6.45) is 14.8. The molecule has 17 nitrogen and oxygen atoms in total. The lowest BCUT2D eigenvalue weighted by Gasteiger charge is -2.30. The summed E-state index contributed by atoms with van der Waals surface area (Å²) in [5, 5.41) is 6.72. The standard InChI is InChI=1S/C39H52ClN7O10S3/c1-38(2)32-26-29(40)28-46(22-13-25-59(52,53)54)37(32)44-34(38)14-6-4-7-15-35-39(3,19-9-11-24-58(49,50)51)31-27-30(60(55,56)57)17-18-33(31)47(35)23-10-5-8-16-36(48)42-20-12-21-43-45-41/h4,6-7,14-15,17-18,26-28H,5,8-13,16,19-25H2,1-3H3,(H3-,42,48,49,50,51,52,53,54,55,56,57)/p+1. The number of aromatic nitrogens is 1. The first-order valence-corrected chi connectivity index (χ1v) is 24.6. The number of anilines is 1. The summed E-state index contributed by atoms with van der Waals surface area (Å²) in [5.74, 6) is -0.318. The van der Waals surface area contributed by atoms with Crippen LogP contribution in [-0.4, -0.2) is 81.7 Å². The zero-order chi connectivity index (χ0) is 44.4. The van der Waals surface area contributed by atoms with Crippen molar-refractivity contribution in [3.05, 3.63) is 93.1 Å². The number of hydrogen-bond acceptors (Lipinski definition) is 10. The molecular weight excluding hydrogens is 858 g/mol. The molecule has 1 unspecified atom stereocenters. The number of nitrogens with zero attached hydrogens (tertiary/aromatic N) is 6. The highest BCUT2D eigenvalue weighted by atomic mass is 35.5. The monoisotopic (exact) mass is 910 g/mol. The van der Waals surface area contributed by atoms with E-state index in [0.717, 1.165) is 22.7 Å². The van der Waals surface area contributed by atoms with E-state index in [9.17, 15) is 43.7 Å². The lowest BCUT2D eigenvalue weighted by Crippen LogP contribution is -2.36. The highest BCUT2D eigenvalue weighted by Crippen LogP contribution is 2.51. The van der Waals surface area contributed by atoms with Gasteiger partial charge in [-0.25, -0.2) is 4.57 Å². The van der Waals surface area contributed by atoms with Gasteiger partial charge in [0.25, 0.3) is 30.4 Å². The fourth-order valence-electron chi connectivity index (χ4n) is 7.47. The molecule has 4 rings (SSSR count). The van der Waals surface area contributed by atoms with Crippen LogP contribution in [0.5, 0.6) is 0 Å². The van der Waals surface area contributed by atoms with Gasteiger partial charge in [0, 0.05) is 54.2 Å². The zero-order valence-electron chi connectivity index (χ0n) is 33.9. The Morgan fingerprint density at radius 2 is 1.65 bits per heavy atom. The van der Waals surface area contributed by atoms with Gasteiger partial charge in [0.2, 0.25) is 5.91 Å². The van der Waals surface area contributed by atoms with Crippen LogP contribution in [0.1, 0.15) is 89.7 Å². The third-order valence-corrected chi connectivity index (χ3v) is 13.3. The normalized spacial score (nSPS) is 18.2. The van der Waals surface area contributed by atoms with Crippen molar-refractivity contribution in [1.82, 2.24) is 5.32 Å². The Balaban J connectivity index is 1.61. The van der Waals surface area contributed by atoms with Crippen molar-refractivity contribution in [2.24, 2.45) is 10.1 Å². The molecule has 2 aromatic rings. The van der Waals surface area contributed by atoms with E-state index in [4.69, 9.17) is 22.1 Å². The van der Waals surface area contributed by atoms with Crippen molar-refractivity contribution < 1.29 is 48.3 Å². The number of carbonyl (C=O) groups is 1. The molecule has 0 spiro atoms. The molecule has 1 aromatic heterocycles. The number of rotatable bonds is 23. The van der Waals surface area contributed by atoms with Gasteiger partial charge in [-0.05, 0) is 105 Å². The van der Waals surface area contributed by atoms with E-state index in [0.29, 0.717) is 81.0 Å². The largest absolute Gasteiger partial charge is 0.356 e. The van der Waals surface area contributed by atoms with Crippen LogP contribution in [0.25, 0.3) is 10.4 Å². The lowest BCUT2D eigenvalue weighted by molar-refractivity contribution is -0.684. The number of amides is 1. The van der Waals surface area contributed by atoms with E-state index in [1.165, 1.54) is 12.1 Å². The van der Waals surface area contributed by atoms with Gasteiger partial charge < -0.3 is 10.2 Å². The topological polar surface area (TPSA) is 260 Å².